The summed E-state index contributed by atoms with van der Waals surface area (Å²) < 4.78 is 2.34. The van der Waals surface area contributed by atoms with Gasteiger partial charge in [-0.2, -0.15) is 0 Å². The number of para-hydroxylation sites is 2. The number of aryl methyl sites for hydroxylation is 1. The van der Waals surface area contributed by atoms with Crippen molar-refractivity contribution in [3.8, 4) is 39.1 Å². The summed E-state index contributed by atoms with van der Waals surface area (Å²) in [5, 5.41) is 5.18. The fourth-order valence-corrected chi connectivity index (χ4v) is 9.56. The summed E-state index contributed by atoms with van der Waals surface area (Å²) in [5.41, 5.74) is 16.2. The molecule has 51 heavy (non-hydrogen) atoms. The first-order valence-electron chi connectivity index (χ1n) is 18.1. The smallest absolute Gasteiger partial charge is 0.114 e. The number of hydrogen-bond acceptors (Lipinski definition) is 1. The first-order chi connectivity index (χ1) is 25.3. The first-order valence-corrected chi connectivity index (χ1v) is 18.1. The topological polar surface area (TPSA) is 17.8 Å². The normalized spacial score (nSPS) is 13.5. The summed E-state index contributed by atoms with van der Waals surface area (Å²) in [7, 11) is 0. The molecule has 2 aliphatic rings. The van der Waals surface area contributed by atoms with Crippen molar-refractivity contribution in [1.82, 2.24) is 9.55 Å². The monoisotopic (exact) mass is 650 g/mol. The van der Waals surface area contributed by atoms with Gasteiger partial charge < -0.3 is 0 Å². The molecule has 0 bridgehead atoms. The summed E-state index contributed by atoms with van der Waals surface area (Å²) in [4.78, 5) is 5.02. The molecule has 0 fully saturated rings. The summed E-state index contributed by atoms with van der Waals surface area (Å²) in [5.74, 6) is 1.11. The largest absolute Gasteiger partial charge is 0.296 e. The summed E-state index contributed by atoms with van der Waals surface area (Å²) in [6.07, 6.45) is 1.99. The van der Waals surface area contributed by atoms with Gasteiger partial charge in [-0.3, -0.25) is 4.57 Å². The van der Waals surface area contributed by atoms with Crippen LogP contribution in [0.2, 0.25) is 0 Å². The molecule has 2 heteroatoms. The van der Waals surface area contributed by atoms with Crippen LogP contribution in [0.3, 0.4) is 0 Å². The Kier molecular flexibility index (Phi) is 5.95. The van der Waals surface area contributed by atoms with Crippen molar-refractivity contribution in [2.45, 2.75) is 25.2 Å². The molecule has 2 nitrogen and oxygen atoms in total. The second-order valence-corrected chi connectivity index (χ2v) is 14.1. The van der Waals surface area contributed by atoms with Gasteiger partial charge >= 0.3 is 0 Å². The van der Waals surface area contributed by atoms with Crippen molar-refractivity contribution in [2.75, 3.05) is 0 Å². The molecule has 0 saturated heterocycles. The van der Waals surface area contributed by atoms with E-state index in [1.54, 1.807) is 0 Å². The Hall–Kier alpha value is -6.25. The molecule has 11 rings (SSSR count). The Morgan fingerprint density at radius 2 is 1.18 bits per heavy atom. The molecule has 0 aliphatic heterocycles. The van der Waals surface area contributed by atoms with Crippen molar-refractivity contribution in [3.63, 3.8) is 0 Å². The van der Waals surface area contributed by atoms with Gasteiger partial charge in [-0.15, -0.1) is 0 Å². The highest BCUT2D eigenvalue weighted by Gasteiger charge is 2.53. The summed E-state index contributed by atoms with van der Waals surface area (Å²) in [6.45, 7) is 2.22. The van der Waals surface area contributed by atoms with Crippen LogP contribution in [0.25, 0.3) is 71.6 Å². The average molecular weight is 651 g/mol. The molecule has 0 unspecified atom stereocenters. The van der Waals surface area contributed by atoms with Gasteiger partial charge in [0.2, 0.25) is 0 Å². The van der Waals surface area contributed by atoms with E-state index in [9.17, 15) is 0 Å². The summed E-state index contributed by atoms with van der Waals surface area (Å²) in [6, 6.07) is 61.1. The predicted molar refractivity (Wildman–Crippen MR) is 212 cm³/mol. The Balaban J connectivity index is 1.21. The average Bonchev–Trinajstić information content (AvgIpc) is 3.81. The van der Waals surface area contributed by atoms with E-state index in [1.165, 1.54) is 77.2 Å². The number of hydrogen-bond donors (Lipinski definition) is 0. The molecule has 1 aromatic heterocycles. The zero-order valence-electron chi connectivity index (χ0n) is 28.4. The van der Waals surface area contributed by atoms with Crippen molar-refractivity contribution in [2.24, 2.45) is 0 Å². The molecule has 0 radical (unpaired) electrons. The second kappa shape index (κ2) is 10.6. The van der Waals surface area contributed by atoms with Gasteiger partial charge in [-0.25, -0.2) is 4.98 Å². The van der Waals surface area contributed by atoms with Crippen LogP contribution >= 0.6 is 0 Å². The molecule has 1 spiro atoms. The lowest BCUT2D eigenvalue weighted by Crippen LogP contribution is -2.26. The van der Waals surface area contributed by atoms with E-state index in [1.807, 2.05) is 0 Å². The minimum atomic E-state index is -0.442. The van der Waals surface area contributed by atoms with Crippen LogP contribution in [0, 0.1) is 0 Å². The van der Waals surface area contributed by atoms with Crippen LogP contribution in [-0.4, -0.2) is 9.55 Å². The highest BCUT2D eigenvalue weighted by Crippen LogP contribution is 2.65. The van der Waals surface area contributed by atoms with E-state index in [2.05, 4.69) is 175 Å². The van der Waals surface area contributed by atoms with Crippen LogP contribution in [0.4, 0.5) is 0 Å². The molecule has 8 aromatic carbocycles. The maximum Gasteiger partial charge on any atom is 0.114 e. The Morgan fingerprint density at radius 1 is 0.529 bits per heavy atom. The maximum absolute atomic E-state index is 5.02. The highest BCUT2D eigenvalue weighted by atomic mass is 15.1. The van der Waals surface area contributed by atoms with E-state index in [0.717, 1.165) is 35.4 Å². The van der Waals surface area contributed by atoms with Crippen LogP contribution < -0.4 is 0 Å². The fourth-order valence-electron chi connectivity index (χ4n) is 9.56. The van der Waals surface area contributed by atoms with E-state index < -0.39 is 5.41 Å². The number of fused-ring (bicyclic) bond motifs is 15. The van der Waals surface area contributed by atoms with Crippen LogP contribution in [0.15, 0.2) is 164 Å². The van der Waals surface area contributed by atoms with Crippen LogP contribution in [0.5, 0.6) is 0 Å². The van der Waals surface area contributed by atoms with E-state index >= 15 is 0 Å². The number of rotatable bonds is 4. The lowest BCUT2D eigenvalue weighted by Gasteiger charge is -2.32. The van der Waals surface area contributed by atoms with Crippen molar-refractivity contribution in [1.29, 1.82) is 0 Å². The third-order valence-electron chi connectivity index (χ3n) is 11.5. The Labute approximate surface area is 297 Å². The maximum atomic E-state index is 5.02. The van der Waals surface area contributed by atoms with Gasteiger partial charge in [-0.05, 0) is 114 Å². The van der Waals surface area contributed by atoms with Gasteiger partial charge in [0.05, 0.1) is 16.4 Å². The van der Waals surface area contributed by atoms with E-state index in [0.29, 0.717) is 0 Å². The molecule has 2 aliphatic carbocycles. The van der Waals surface area contributed by atoms with Crippen molar-refractivity contribution >= 4 is 32.6 Å². The van der Waals surface area contributed by atoms with Gasteiger partial charge in [0, 0.05) is 12.1 Å². The van der Waals surface area contributed by atoms with Gasteiger partial charge in [-0.1, -0.05) is 140 Å². The molecule has 1 heterocycles. The van der Waals surface area contributed by atoms with Crippen LogP contribution in [-0.2, 0) is 11.8 Å². The third-order valence-corrected chi connectivity index (χ3v) is 11.5. The van der Waals surface area contributed by atoms with Gasteiger partial charge in [0.25, 0.3) is 0 Å². The quantitative estimate of drug-likeness (QED) is 0.185. The lowest BCUT2D eigenvalue weighted by atomic mass is 9.69. The first kappa shape index (κ1) is 28.6. The van der Waals surface area contributed by atoms with Gasteiger partial charge in [0.15, 0.2) is 0 Å². The van der Waals surface area contributed by atoms with Gasteiger partial charge in [0.1, 0.15) is 5.82 Å². The molecule has 0 saturated carbocycles. The molecule has 0 amide bonds. The highest BCUT2D eigenvalue weighted by molar-refractivity contribution is 6.14. The van der Waals surface area contributed by atoms with Crippen molar-refractivity contribution < 1.29 is 0 Å². The minimum Gasteiger partial charge on any atom is -0.296 e. The zero-order valence-corrected chi connectivity index (χ0v) is 28.4. The predicted octanol–water partition coefficient (Wildman–Crippen LogP) is 12.3. The molecule has 240 valence electrons. The van der Waals surface area contributed by atoms with E-state index in [-0.39, 0.29) is 0 Å². The molecule has 9 aromatic rings. The second-order valence-electron chi connectivity index (χ2n) is 14.1. The van der Waals surface area contributed by atoms with E-state index in [4.69, 9.17) is 4.98 Å². The Bertz CT molecular complexity index is 2830. The fraction of sp³-hybridized carbons (Fsp3) is 0.0816. The zero-order chi connectivity index (χ0) is 33.7. The Morgan fingerprint density at radius 3 is 1.94 bits per heavy atom. The van der Waals surface area contributed by atoms with Crippen LogP contribution in [0.1, 0.15) is 41.4 Å². The lowest BCUT2D eigenvalue weighted by molar-refractivity contribution is 0.802. The molecule has 0 atom stereocenters. The molecule has 0 N–H and O–H groups in total. The third kappa shape index (κ3) is 3.74. The number of imidazole rings is 1. The number of benzene rings is 8. The standard InChI is InChI=1S/C49H34N2/c1-2-13-46-50-44-22-11-12-23-45(44)51(46)33-27-24-32(25-28-33)40-30-43-47(38-19-6-5-16-35(38)40)39-29-26-31-14-3-4-15-34(31)48(39)49(43)41-20-9-7-17-36(41)37-18-8-10-21-42(37)49/h3-12,14-30H,2,13H2,1H3. The SMILES string of the molecule is CCCc1nc2ccccc2n1-c1ccc(-c2cc3c(c4ccccc24)-c2ccc4ccccc4c2C32c3ccccc3-c3ccccc32)cc1. The molecular formula is C49H34N2. The summed E-state index contributed by atoms with van der Waals surface area (Å²) >= 11 is 0. The number of nitrogens with zero attached hydrogens (tertiary/aromatic N) is 2. The molecular weight excluding hydrogens is 617 g/mol. The van der Waals surface area contributed by atoms with Crippen molar-refractivity contribution in [3.05, 3.63) is 192 Å². The number of aromatic nitrogens is 2. The minimum absolute atomic E-state index is 0.442.